The third kappa shape index (κ3) is 11.9. The summed E-state index contributed by atoms with van der Waals surface area (Å²) in [7, 11) is 0. The molecule has 39 heavy (non-hydrogen) atoms. The van der Waals surface area contributed by atoms with Crippen LogP contribution < -0.4 is 16.4 Å². The van der Waals surface area contributed by atoms with E-state index in [1.165, 1.54) is 18.2 Å². The number of hydrogen-bond acceptors (Lipinski definition) is 10. The third-order valence-corrected chi connectivity index (χ3v) is 7.28. The van der Waals surface area contributed by atoms with Crippen LogP contribution in [0.4, 0.5) is 0 Å². The second-order valence-electron chi connectivity index (χ2n) is 9.37. The Morgan fingerprint density at radius 1 is 1.03 bits per heavy atom. The number of carbonyl (C=O) groups excluding carboxylic acids is 2. The van der Waals surface area contributed by atoms with Gasteiger partial charge in [0.15, 0.2) is 6.10 Å². The van der Waals surface area contributed by atoms with Gasteiger partial charge in [0, 0.05) is 29.8 Å². The van der Waals surface area contributed by atoms with Crippen LogP contribution in [-0.2, 0) is 36.8 Å². The van der Waals surface area contributed by atoms with Crippen LogP contribution in [0.2, 0.25) is 0 Å². The van der Waals surface area contributed by atoms with E-state index in [1.54, 1.807) is 13.8 Å². The van der Waals surface area contributed by atoms with E-state index in [4.69, 9.17) is 21.1 Å². The standard InChI is InChI=1S/C24H35N3O11S/c1-24(2,18(30)9-13-7-12(3-5-16(13)28)8-17(29)23(37)38)39-11-15(21(34)26-10-20(32)33)27-19(31)6-4-14(25)22(35)36/h3,5,7,14-15,17-18,28-30H,4,6,8-11,25H2,1-2H3,(H,26,34)(H,27,31)(H,32,33)(H,35,36)(H,37,38). The molecule has 1 aromatic rings. The number of carbonyl (C=O) groups is 5. The summed E-state index contributed by atoms with van der Waals surface area (Å²) in [5, 5.41) is 61.9. The lowest BCUT2D eigenvalue weighted by Crippen LogP contribution is -2.50. The predicted octanol–water partition coefficient (Wildman–Crippen LogP) is -1.33. The van der Waals surface area contributed by atoms with Crippen molar-refractivity contribution in [3.8, 4) is 5.75 Å². The largest absolute Gasteiger partial charge is 0.508 e. The van der Waals surface area contributed by atoms with Crippen LogP contribution in [-0.4, -0.2) is 102 Å². The van der Waals surface area contributed by atoms with Crippen LogP contribution in [0.3, 0.4) is 0 Å². The van der Waals surface area contributed by atoms with Crippen molar-refractivity contribution in [3.05, 3.63) is 29.3 Å². The highest BCUT2D eigenvalue weighted by atomic mass is 32.2. The summed E-state index contributed by atoms with van der Waals surface area (Å²) in [6, 6.07) is 1.74. The molecular formula is C24H35N3O11S. The van der Waals surface area contributed by atoms with Crippen molar-refractivity contribution in [2.24, 2.45) is 5.73 Å². The normalized spacial score (nSPS) is 14.5. The van der Waals surface area contributed by atoms with Gasteiger partial charge in [0.1, 0.15) is 24.4 Å². The lowest BCUT2D eigenvalue weighted by atomic mass is 9.95. The monoisotopic (exact) mass is 573 g/mol. The fourth-order valence-corrected chi connectivity index (χ4v) is 4.34. The minimum Gasteiger partial charge on any atom is -0.508 e. The van der Waals surface area contributed by atoms with Crippen molar-refractivity contribution < 1.29 is 54.6 Å². The number of rotatable bonds is 17. The number of aliphatic hydroxyl groups excluding tert-OH is 2. The molecule has 4 atom stereocenters. The first kappa shape index (κ1) is 33.6. The van der Waals surface area contributed by atoms with Crippen LogP contribution in [0.5, 0.6) is 5.75 Å². The minimum atomic E-state index is -1.64. The Labute approximate surface area is 228 Å². The van der Waals surface area contributed by atoms with Gasteiger partial charge in [-0.3, -0.25) is 19.2 Å². The van der Waals surface area contributed by atoms with Crippen molar-refractivity contribution in [2.45, 2.75) is 68.6 Å². The molecule has 0 aliphatic heterocycles. The second kappa shape index (κ2) is 15.3. The maximum Gasteiger partial charge on any atom is 0.332 e. The Hall–Kier alpha value is -3.40. The summed E-state index contributed by atoms with van der Waals surface area (Å²) in [6.07, 6.45) is -3.51. The van der Waals surface area contributed by atoms with Crippen molar-refractivity contribution in [2.75, 3.05) is 12.3 Å². The minimum absolute atomic E-state index is 0.0713. The average Bonchev–Trinajstić information content (AvgIpc) is 2.85. The molecule has 1 rings (SSSR count). The summed E-state index contributed by atoms with van der Waals surface area (Å²) in [4.78, 5) is 57.5. The smallest absolute Gasteiger partial charge is 0.332 e. The summed E-state index contributed by atoms with van der Waals surface area (Å²) in [6.45, 7) is 2.60. The molecule has 0 heterocycles. The van der Waals surface area contributed by atoms with Crippen LogP contribution in [0, 0.1) is 0 Å². The molecule has 0 aromatic heterocycles. The first-order valence-electron chi connectivity index (χ1n) is 11.8. The van der Waals surface area contributed by atoms with E-state index in [-0.39, 0.29) is 37.2 Å². The lowest BCUT2D eigenvalue weighted by molar-refractivity contribution is -0.146. The van der Waals surface area contributed by atoms with Gasteiger partial charge in [0.2, 0.25) is 11.8 Å². The van der Waals surface area contributed by atoms with E-state index in [0.717, 1.165) is 11.8 Å². The van der Waals surface area contributed by atoms with Gasteiger partial charge in [0.05, 0.1) is 6.10 Å². The average molecular weight is 574 g/mol. The van der Waals surface area contributed by atoms with E-state index in [1.807, 2.05) is 0 Å². The Morgan fingerprint density at radius 3 is 2.23 bits per heavy atom. The maximum absolute atomic E-state index is 12.5. The van der Waals surface area contributed by atoms with Crippen molar-refractivity contribution >= 4 is 41.5 Å². The first-order chi connectivity index (χ1) is 18.0. The number of phenols is 1. The van der Waals surface area contributed by atoms with Gasteiger partial charge in [0.25, 0.3) is 0 Å². The van der Waals surface area contributed by atoms with Crippen LogP contribution >= 0.6 is 11.8 Å². The third-order valence-electron chi connectivity index (χ3n) is 5.76. The predicted molar refractivity (Wildman–Crippen MR) is 139 cm³/mol. The van der Waals surface area contributed by atoms with Crippen LogP contribution in [0.15, 0.2) is 18.2 Å². The van der Waals surface area contributed by atoms with Gasteiger partial charge in [-0.15, -0.1) is 0 Å². The topological polar surface area (TPSA) is 257 Å². The number of carboxylic acids is 3. The molecule has 0 aliphatic carbocycles. The van der Waals surface area contributed by atoms with Crippen molar-refractivity contribution in [3.63, 3.8) is 0 Å². The van der Waals surface area contributed by atoms with Crippen LogP contribution in [0.25, 0.3) is 0 Å². The summed E-state index contributed by atoms with van der Waals surface area (Å²) >= 11 is 1.08. The molecule has 1 aromatic carbocycles. The second-order valence-corrected chi connectivity index (χ2v) is 11.0. The zero-order chi connectivity index (χ0) is 29.9. The molecule has 14 nitrogen and oxygen atoms in total. The number of benzene rings is 1. The number of thioether (sulfide) groups is 1. The van der Waals surface area contributed by atoms with Gasteiger partial charge in [-0.25, -0.2) is 4.79 Å². The van der Waals surface area contributed by atoms with E-state index < -0.39 is 65.3 Å². The SMILES string of the molecule is CC(C)(SCC(NC(=O)CCC(N)C(=O)O)C(=O)NCC(=O)O)C(O)Cc1cc(CC(O)C(=O)O)ccc1O. The molecule has 2 amide bonds. The van der Waals surface area contributed by atoms with Gasteiger partial charge in [-0.05, 0) is 37.5 Å². The number of aliphatic hydroxyl groups is 2. The van der Waals surface area contributed by atoms with Gasteiger partial charge < -0.3 is 47.0 Å². The van der Waals surface area contributed by atoms with E-state index in [2.05, 4.69) is 10.6 Å². The number of aliphatic carboxylic acids is 3. The molecule has 0 saturated carbocycles. The lowest BCUT2D eigenvalue weighted by Gasteiger charge is -2.32. The summed E-state index contributed by atoms with van der Waals surface area (Å²) < 4.78 is -0.968. The van der Waals surface area contributed by atoms with Crippen molar-refractivity contribution in [1.82, 2.24) is 10.6 Å². The van der Waals surface area contributed by atoms with E-state index in [0.29, 0.717) is 11.1 Å². The Balaban J connectivity index is 2.92. The van der Waals surface area contributed by atoms with E-state index >= 15 is 0 Å². The number of amides is 2. The number of hydrogen-bond donors (Lipinski definition) is 9. The first-order valence-corrected chi connectivity index (χ1v) is 12.8. The molecule has 10 N–H and O–H groups in total. The number of carboxylic acid groups (broad SMARTS) is 3. The molecule has 218 valence electrons. The highest BCUT2D eigenvalue weighted by molar-refractivity contribution is 8.00. The highest BCUT2D eigenvalue weighted by Crippen LogP contribution is 2.32. The molecule has 4 unspecified atom stereocenters. The molecular weight excluding hydrogens is 538 g/mol. The molecule has 0 saturated heterocycles. The molecule has 0 radical (unpaired) electrons. The molecule has 0 bridgehead atoms. The quantitative estimate of drug-likeness (QED) is 0.105. The number of nitrogens with two attached hydrogens (primary N) is 1. The Kier molecular flexibility index (Phi) is 13.2. The van der Waals surface area contributed by atoms with Gasteiger partial charge in [-0.1, -0.05) is 12.1 Å². The van der Waals surface area contributed by atoms with Crippen LogP contribution in [0.1, 0.15) is 37.8 Å². The maximum atomic E-state index is 12.5. The summed E-state index contributed by atoms with van der Waals surface area (Å²) in [5.41, 5.74) is 6.12. The highest BCUT2D eigenvalue weighted by Gasteiger charge is 2.32. The molecule has 0 fully saturated rings. The number of phenolic OH excluding ortho intramolecular Hbond substituents is 1. The van der Waals surface area contributed by atoms with E-state index in [9.17, 15) is 39.3 Å². The fourth-order valence-electron chi connectivity index (χ4n) is 3.23. The zero-order valence-corrected chi connectivity index (χ0v) is 22.3. The molecule has 0 aliphatic rings. The fraction of sp³-hybridized carbons (Fsp3) is 0.542. The molecule has 0 spiro atoms. The number of aromatic hydroxyl groups is 1. The van der Waals surface area contributed by atoms with Crippen molar-refractivity contribution in [1.29, 1.82) is 0 Å². The Morgan fingerprint density at radius 2 is 1.67 bits per heavy atom. The Bertz CT molecular complexity index is 1050. The zero-order valence-electron chi connectivity index (χ0n) is 21.5. The van der Waals surface area contributed by atoms with Gasteiger partial charge in [-0.2, -0.15) is 11.8 Å². The molecule has 15 heteroatoms. The van der Waals surface area contributed by atoms with Gasteiger partial charge >= 0.3 is 17.9 Å². The summed E-state index contributed by atoms with van der Waals surface area (Å²) in [5.74, 6) is -5.72. The number of nitrogens with one attached hydrogen (secondary N) is 2.